The summed E-state index contributed by atoms with van der Waals surface area (Å²) in [6.45, 7) is 0. The van der Waals surface area contributed by atoms with Gasteiger partial charge in [-0.3, -0.25) is 14.4 Å². The molecule has 1 saturated carbocycles. The number of hydrogen-bond donors (Lipinski definition) is 0. The Morgan fingerprint density at radius 2 is 0.947 bits per heavy atom. The van der Waals surface area contributed by atoms with Gasteiger partial charge in [-0.05, 0) is 11.1 Å². The molecule has 1 aliphatic carbocycles. The van der Waals surface area contributed by atoms with Gasteiger partial charge in [0.1, 0.15) is 0 Å². The van der Waals surface area contributed by atoms with Crippen molar-refractivity contribution in [3.05, 3.63) is 71.8 Å². The fraction of sp³-hybridized carbons (Fsp3) is 0.0625. The summed E-state index contributed by atoms with van der Waals surface area (Å²) in [4.78, 5) is 35.7. The Kier molecular flexibility index (Phi) is 2.42. The number of Topliss-reactive ketones (excluding diaryl/α,β-unsaturated/α-hetero) is 3. The fourth-order valence-corrected chi connectivity index (χ4v) is 2.55. The highest BCUT2D eigenvalue weighted by atomic mass is 16.2. The van der Waals surface area contributed by atoms with Gasteiger partial charge < -0.3 is 0 Å². The van der Waals surface area contributed by atoms with Crippen molar-refractivity contribution < 1.29 is 14.4 Å². The quantitative estimate of drug-likeness (QED) is 0.602. The smallest absolute Gasteiger partial charge is 0.267 e. The Hall–Kier alpha value is -2.55. The zero-order valence-corrected chi connectivity index (χ0v) is 10.00. The molecule has 0 atom stereocenters. The topological polar surface area (TPSA) is 51.2 Å². The highest BCUT2D eigenvalue weighted by Crippen LogP contribution is 2.41. The molecular weight excluding hydrogens is 240 g/mol. The van der Waals surface area contributed by atoms with Crippen molar-refractivity contribution in [3.8, 4) is 0 Å². The van der Waals surface area contributed by atoms with Crippen LogP contribution < -0.4 is 0 Å². The van der Waals surface area contributed by atoms with E-state index in [0.717, 1.165) is 0 Å². The maximum atomic E-state index is 12.1. The molecule has 3 heteroatoms. The van der Waals surface area contributed by atoms with E-state index in [-0.39, 0.29) is 0 Å². The van der Waals surface area contributed by atoms with Crippen LogP contribution in [-0.2, 0) is 19.8 Å². The van der Waals surface area contributed by atoms with Crippen molar-refractivity contribution in [1.82, 2.24) is 0 Å². The first kappa shape index (κ1) is 11.5. The summed E-state index contributed by atoms with van der Waals surface area (Å²) in [5.74, 6) is -2.20. The van der Waals surface area contributed by atoms with Gasteiger partial charge in [0.2, 0.25) is 11.6 Å². The molecule has 19 heavy (non-hydrogen) atoms. The summed E-state index contributed by atoms with van der Waals surface area (Å²) in [5.41, 5.74) is -0.328. The lowest BCUT2D eigenvalue weighted by Crippen LogP contribution is -2.63. The minimum absolute atomic E-state index is 0.552. The third kappa shape index (κ3) is 1.35. The second-order valence-electron chi connectivity index (χ2n) is 4.47. The number of hydrogen-bond acceptors (Lipinski definition) is 3. The third-order valence-corrected chi connectivity index (χ3v) is 3.51. The molecule has 2 aromatic carbocycles. The predicted molar refractivity (Wildman–Crippen MR) is 68.7 cm³/mol. The second-order valence-corrected chi connectivity index (χ2v) is 4.47. The van der Waals surface area contributed by atoms with E-state index in [1.54, 1.807) is 60.7 Å². The normalized spacial score (nSPS) is 17.2. The molecule has 0 unspecified atom stereocenters. The van der Waals surface area contributed by atoms with Gasteiger partial charge >= 0.3 is 0 Å². The predicted octanol–water partition coefficient (Wildman–Crippen LogP) is 1.69. The molecule has 2 aromatic rings. The Morgan fingerprint density at radius 3 is 1.32 bits per heavy atom. The number of carbonyl (C=O) groups excluding carboxylic acids is 3. The van der Waals surface area contributed by atoms with Gasteiger partial charge in [0.05, 0.1) is 0 Å². The molecule has 92 valence electrons. The van der Waals surface area contributed by atoms with Gasteiger partial charge in [-0.1, -0.05) is 60.7 Å². The van der Waals surface area contributed by atoms with E-state index in [2.05, 4.69) is 0 Å². The third-order valence-electron chi connectivity index (χ3n) is 3.51. The van der Waals surface area contributed by atoms with Crippen molar-refractivity contribution >= 4 is 17.3 Å². The van der Waals surface area contributed by atoms with Crippen molar-refractivity contribution in [2.24, 2.45) is 0 Å². The Labute approximate surface area is 109 Å². The SMILES string of the molecule is O=C1C(=O)C(c2ccccc2)(c2ccccc2)C1=O. The van der Waals surface area contributed by atoms with Crippen LogP contribution in [-0.4, -0.2) is 17.3 Å². The van der Waals surface area contributed by atoms with Crippen molar-refractivity contribution in [2.45, 2.75) is 5.41 Å². The van der Waals surface area contributed by atoms with E-state index in [9.17, 15) is 14.4 Å². The first-order chi connectivity index (χ1) is 9.19. The summed E-state index contributed by atoms with van der Waals surface area (Å²) in [5, 5.41) is 0. The minimum Gasteiger partial charge on any atom is -0.288 e. The van der Waals surface area contributed by atoms with E-state index in [1.165, 1.54) is 0 Å². The summed E-state index contributed by atoms with van der Waals surface area (Å²) in [6, 6.07) is 17.4. The maximum absolute atomic E-state index is 12.1. The molecule has 0 bridgehead atoms. The maximum Gasteiger partial charge on any atom is 0.267 e. The van der Waals surface area contributed by atoms with Crippen molar-refractivity contribution in [3.63, 3.8) is 0 Å². The van der Waals surface area contributed by atoms with E-state index >= 15 is 0 Å². The first-order valence-corrected chi connectivity index (χ1v) is 5.93. The van der Waals surface area contributed by atoms with Crippen LogP contribution in [0.25, 0.3) is 0 Å². The van der Waals surface area contributed by atoms with Crippen LogP contribution in [0.2, 0.25) is 0 Å². The van der Waals surface area contributed by atoms with E-state index in [4.69, 9.17) is 0 Å². The molecule has 0 aliphatic heterocycles. The van der Waals surface area contributed by atoms with Gasteiger partial charge in [-0.2, -0.15) is 0 Å². The molecule has 0 spiro atoms. The zero-order chi connectivity index (χ0) is 13.5. The molecule has 0 aromatic heterocycles. The Morgan fingerprint density at radius 1 is 0.579 bits per heavy atom. The summed E-state index contributed by atoms with van der Waals surface area (Å²) in [6.07, 6.45) is 0. The van der Waals surface area contributed by atoms with E-state index in [0.29, 0.717) is 11.1 Å². The van der Waals surface area contributed by atoms with Gasteiger partial charge in [-0.15, -0.1) is 0 Å². The van der Waals surface area contributed by atoms with Gasteiger partial charge in [-0.25, -0.2) is 0 Å². The average Bonchev–Trinajstić information content (AvgIpc) is 2.49. The van der Waals surface area contributed by atoms with Crippen LogP contribution in [0.4, 0.5) is 0 Å². The van der Waals surface area contributed by atoms with Crippen LogP contribution in [0.5, 0.6) is 0 Å². The largest absolute Gasteiger partial charge is 0.288 e. The van der Waals surface area contributed by atoms with Crippen LogP contribution in [0.1, 0.15) is 11.1 Å². The average molecular weight is 250 g/mol. The highest BCUT2D eigenvalue weighted by molar-refractivity contribution is 6.81. The monoisotopic (exact) mass is 250 g/mol. The van der Waals surface area contributed by atoms with Crippen molar-refractivity contribution in [1.29, 1.82) is 0 Å². The molecule has 0 heterocycles. The van der Waals surface area contributed by atoms with Crippen LogP contribution in [0, 0.1) is 0 Å². The molecule has 3 rings (SSSR count). The minimum atomic E-state index is -1.43. The molecule has 0 radical (unpaired) electrons. The summed E-state index contributed by atoms with van der Waals surface area (Å²) < 4.78 is 0. The van der Waals surface area contributed by atoms with Gasteiger partial charge in [0.25, 0.3) is 5.78 Å². The Balaban J connectivity index is 2.28. The fourth-order valence-electron chi connectivity index (χ4n) is 2.55. The second kappa shape index (κ2) is 3.99. The van der Waals surface area contributed by atoms with Crippen LogP contribution in [0.3, 0.4) is 0 Å². The highest BCUT2D eigenvalue weighted by Gasteiger charge is 2.64. The van der Waals surface area contributed by atoms with Crippen LogP contribution >= 0.6 is 0 Å². The number of ketones is 3. The molecular formula is C16H10O3. The number of benzene rings is 2. The number of rotatable bonds is 2. The molecule has 0 amide bonds. The summed E-state index contributed by atoms with van der Waals surface area (Å²) in [7, 11) is 0. The summed E-state index contributed by atoms with van der Waals surface area (Å²) >= 11 is 0. The standard InChI is InChI=1S/C16H10O3/c17-13-14(18)16(15(13)19,11-7-3-1-4-8-11)12-9-5-2-6-10-12/h1-10H. The van der Waals surface area contributed by atoms with E-state index in [1.807, 2.05) is 0 Å². The molecule has 3 nitrogen and oxygen atoms in total. The zero-order valence-electron chi connectivity index (χ0n) is 10.00. The van der Waals surface area contributed by atoms with Crippen molar-refractivity contribution in [2.75, 3.05) is 0 Å². The lowest BCUT2D eigenvalue weighted by Gasteiger charge is -2.37. The van der Waals surface area contributed by atoms with Gasteiger partial charge in [0, 0.05) is 0 Å². The molecule has 1 fully saturated rings. The molecule has 0 N–H and O–H groups in total. The molecule has 0 saturated heterocycles. The van der Waals surface area contributed by atoms with Gasteiger partial charge in [0.15, 0.2) is 5.41 Å². The lowest BCUT2D eigenvalue weighted by molar-refractivity contribution is -0.156. The molecule has 1 aliphatic rings. The first-order valence-electron chi connectivity index (χ1n) is 5.93. The van der Waals surface area contributed by atoms with Crippen LogP contribution in [0.15, 0.2) is 60.7 Å². The number of carbonyl (C=O) groups is 3. The van der Waals surface area contributed by atoms with E-state index < -0.39 is 22.8 Å². The lowest BCUT2D eigenvalue weighted by atomic mass is 9.58. The Bertz CT molecular complexity index is 612.